The predicted molar refractivity (Wildman–Crippen MR) is 115 cm³/mol. The minimum atomic E-state index is 0.340. The monoisotopic (exact) mass is 430 g/mol. The summed E-state index contributed by atoms with van der Waals surface area (Å²) >= 11 is 17.4. The first-order valence-electron chi connectivity index (χ1n) is 8.55. The number of rotatable bonds is 6. The van der Waals surface area contributed by atoms with Gasteiger partial charge < -0.3 is 10.2 Å². The highest BCUT2D eigenvalue weighted by atomic mass is 35.5. The van der Waals surface area contributed by atoms with E-state index >= 15 is 0 Å². The average Bonchev–Trinajstić information content (AvgIpc) is 3.10. The third-order valence-electron chi connectivity index (χ3n) is 4.37. The lowest BCUT2D eigenvalue weighted by Gasteiger charge is -2.16. The fourth-order valence-electron chi connectivity index (χ4n) is 2.95. The van der Waals surface area contributed by atoms with Crippen LogP contribution in [0.2, 0.25) is 10.0 Å². The summed E-state index contributed by atoms with van der Waals surface area (Å²) in [6.45, 7) is 0.853. The highest BCUT2D eigenvalue weighted by molar-refractivity contribution is 7.71. The first-order valence-corrected chi connectivity index (χ1v) is 9.71. The van der Waals surface area contributed by atoms with Crippen molar-refractivity contribution in [3.05, 3.63) is 86.9 Å². The van der Waals surface area contributed by atoms with E-state index in [2.05, 4.69) is 27.8 Å². The molecule has 1 heterocycles. The molecule has 0 atom stereocenters. The van der Waals surface area contributed by atoms with E-state index in [9.17, 15) is 0 Å². The molecule has 8 heteroatoms. The van der Waals surface area contributed by atoms with Crippen LogP contribution >= 0.6 is 35.4 Å². The number of benzene rings is 3. The number of nitrogens with zero attached hydrogens (tertiary/aromatic N) is 2. The second kappa shape index (κ2) is 8.22. The molecule has 0 amide bonds. The number of aromatic amines is 1. The lowest BCUT2D eigenvalue weighted by Crippen LogP contribution is -2.14. The number of nitrogens with one attached hydrogen (secondary N) is 2. The Hall–Kier alpha value is -2.54. The smallest absolute Gasteiger partial charge is 0.214 e. The van der Waals surface area contributed by atoms with Crippen LogP contribution in [0.4, 0.5) is 0 Å². The first kappa shape index (κ1) is 18.8. The summed E-state index contributed by atoms with van der Waals surface area (Å²) in [5, 5.41) is 10.1. The maximum Gasteiger partial charge on any atom is 0.214 e. The van der Waals surface area contributed by atoms with Gasteiger partial charge in [-0.25, -0.2) is 4.68 Å². The fourth-order valence-corrected chi connectivity index (χ4v) is 3.58. The van der Waals surface area contributed by atoms with Crippen molar-refractivity contribution in [3.8, 4) is 5.75 Å². The molecule has 0 fully saturated rings. The maximum atomic E-state index is 6.27. The van der Waals surface area contributed by atoms with Crippen molar-refractivity contribution in [1.82, 2.24) is 14.9 Å². The Morgan fingerprint density at radius 3 is 2.75 bits per heavy atom. The van der Waals surface area contributed by atoms with E-state index in [0.717, 1.165) is 27.6 Å². The quantitative estimate of drug-likeness (QED) is 0.383. The summed E-state index contributed by atoms with van der Waals surface area (Å²) in [4.78, 5) is 0. The number of ether oxygens (including phenoxy) is 1. The van der Waals surface area contributed by atoms with Gasteiger partial charge in [0.05, 0.1) is 6.54 Å². The van der Waals surface area contributed by atoms with E-state index in [1.54, 1.807) is 23.1 Å². The summed E-state index contributed by atoms with van der Waals surface area (Å²) in [6.07, 6.45) is 1.60. The number of aromatic nitrogens is 3. The molecule has 0 saturated carbocycles. The number of H-pyrrole nitrogens is 1. The molecule has 0 radical (unpaired) electrons. The van der Waals surface area contributed by atoms with Gasteiger partial charge >= 0.3 is 0 Å². The van der Waals surface area contributed by atoms with E-state index in [1.165, 1.54) is 0 Å². The Labute approximate surface area is 176 Å². The molecule has 2 N–H and O–H groups in total. The van der Waals surface area contributed by atoms with E-state index in [1.807, 2.05) is 30.3 Å². The molecular formula is C20H16Cl2N4OS. The number of hydrogen-bond donors (Lipinski definition) is 2. The van der Waals surface area contributed by atoms with Crippen molar-refractivity contribution in [1.29, 1.82) is 0 Å². The maximum absolute atomic E-state index is 6.27. The number of hydrogen-bond acceptors (Lipinski definition) is 4. The lowest BCUT2D eigenvalue weighted by atomic mass is 10.0. The van der Waals surface area contributed by atoms with Gasteiger partial charge in [0.2, 0.25) is 4.77 Å². The largest absolute Gasteiger partial charge is 0.488 e. The van der Waals surface area contributed by atoms with Crippen molar-refractivity contribution < 1.29 is 4.74 Å². The normalized spacial score (nSPS) is 10.9. The van der Waals surface area contributed by atoms with Gasteiger partial charge in [-0.2, -0.15) is 5.10 Å². The van der Waals surface area contributed by atoms with Crippen molar-refractivity contribution in [2.75, 3.05) is 5.43 Å². The van der Waals surface area contributed by atoms with Gasteiger partial charge in [0.15, 0.2) is 0 Å². The third kappa shape index (κ3) is 3.99. The Morgan fingerprint density at radius 1 is 1.11 bits per heavy atom. The van der Waals surface area contributed by atoms with E-state index in [4.69, 9.17) is 40.2 Å². The van der Waals surface area contributed by atoms with Crippen molar-refractivity contribution in [3.63, 3.8) is 0 Å². The van der Waals surface area contributed by atoms with Gasteiger partial charge in [0, 0.05) is 21.2 Å². The van der Waals surface area contributed by atoms with Crippen LogP contribution in [0, 0.1) is 4.77 Å². The topological polar surface area (TPSA) is 54.9 Å². The Kier molecular flexibility index (Phi) is 5.52. The average molecular weight is 431 g/mol. The Bertz CT molecular complexity index is 1190. The molecule has 4 rings (SSSR count). The minimum absolute atomic E-state index is 0.340. The minimum Gasteiger partial charge on any atom is -0.488 e. The molecule has 0 aliphatic rings. The molecule has 0 aliphatic heterocycles. The number of halogens is 2. The molecule has 0 saturated heterocycles. The van der Waals surface area contributed by atoms with Crippen LogP contribution in [0.15, 0.2) is 60.9 Å². The molecule has 5 nitrogen and oxygen atoms in total. The second-order valence-corrected chi connectivity index (χ2v) is 7.38. The van der Waals surface area contributed by atoms with E-state index < -0.39 is 0 Å². The SMILES string of the molecule is S=c1[nH]ncn1NCc1c(OCc2ccc(Cl)cc2Cl)ccc2ccccc12. The molecule has 0 bridgehead atoms. The molecule has 142 valence electrons. The van der Waals surface area contributed by atoms with Gasteiger partial charge in [-0.3, -0.25) is 5.10 Å². The zero-order valence-electron chi connectivity index (χ0n) is 14.7. The van der Waals surface area contributed by atoms with Crippen LogP contribution in [0.5, 0.6) is 5.75 Å². The van der Waals surface area contributed by atoms with Gasteiger partial charge in [0.25, 0.3) is 0 Å². The van der Waals surface area contributed by atoms with E-state index in [-0.39, 0.29) is 0 Å². The zero-order valence-corrected chi connectivity index (χ0v) is 17.0. The second-order valence-electron chi connectivity index (χ2n) is 6.15. The van der Waals surface area contributed by atoms with Crippen molar-refractivity contribution >= 4 is 46.2 Å². The van der Waals surface area contributed by atoms with Gasteiger partial charge in [0.1, 0.15) is 18.7 Å². The van der Waals surface area contributed by atoms with Gasteiger partial charge in [-0.05, 0) is 41.2 Å². The summed E-state index contributed by atoms with van der Waals surface area (Å²) in [7, 11) is 0. The molecular weight excluding hydrogens is 415 g/mol. The van der Waals surface area contributed by atoms with Crippen LogP contribution in [-0.2, 0) is 13.2 Å². The molecule has 0 unspecified atom stereocenters. The summed E-state index contributed by atoms with van der Waals surface area (Å²) in [5.74, 6) is 0.771. The van der Waals surface area contributed by atoms with Crippen molar-refractivity contribution in [2.24, 2.45) is 0 Å². The molecule has 0 aliphatic carbocycles. The van der Waals surface area contributed by atoms with Crippen LogP contribution in [0.3, 0.4) is 0 Å². The van der Waals surface area contributed by atoms with Crippen LogP contribution in [-0.4, -0.2) is 14.9 Å². The summed E-state index contributed by atoms with van der Waals surface area (Å²) < 4.78 is 8.29. The zero-order chi connectivity index (χ0) is 19.5. The molecule has 4 aromatic rings. The van der Waals surface area contributed by atoms with Crippen LogP contribution < -0.4 is 10.2 Å². The van der Waals surface area contributed by atoms with Crippen LogP contribution in [0.1, 0.15) is 11.1 Å². The highest BCUT2D eigenvalue weighted by Gasteiger charge is 2.11. The Morgan fingerprint density at radius 2 is 1.96 bits per heavy atom. The highest BCUT2D eigenvalue weighted by Crippen LogP contribution is 2.30. The summed E-state index contributed by atoms with van der Waals surface area (Å²) in [5.41, 5.74) is 5.14. The van der Waals surface area contributed by atoms with Gasteiger partial charge in [-0.1, -0.05) is 59.6 Å². The standard InChI is InChI=1S/C20H16Cl2N4OS/c21-15-7-5-14(18(22)9-15)11-27-19-8-6-13-3-1-2-4-16(13)17(19)10-24-26-12-23-25-20(26)28/h1-9,12,24H,10-11H2,(H,25,28). The predicted octanol–water partition coefficient (Wildman–Crippen LogP) is 5.72. The molecule has 3 aromatic carbocycles. The summed E-state index contributed by atoms with van der Waals surface area (Å²) in [6, 6.07) is 17.6. The van der Waals surface area contributed by atoms with Crippen LogP contribution in [0.25, 0.3) is 10.8 Å². The third-order valence-corrected chi connectivity index (χ3v) is 5.25. The fraction of sp³-hybridized carbons (Fsp3) is 0.100. The number of fused-ring (bicyclic) bond motifs is 1. The van der Waals surface area contributed by atoms with Gasteiger partial charge in [-0.15, -0.1) is 0 Å². The molecule has 0 spiro atoms. The first-order chi connectivity index (χ1) is 13.6. The molecule has 28 heavy (non-hydrogen) atoms. The molecule has 1 aromatic heterocycles. The Balaban J connectivity index is 1.64. The lowest BCUT2D eigenvalue weighted by molar-refractivity contribution is 0.303. The van der Waals surface area contributed by atoms with E-state index in [0.29, 0.717) is 28.0 Å². The van der Waals surface area contributed by atoms with Crippen molar-refractivity contribution in [2.45, 2.75) is 13.2 Å².